The lowest BCUT2D eigenvalue weighted by molar-refractivity contribution is 0.0815. The zero-order valence-corrected chi connectivity index (χ0v) is 12.6. The maximum atomic E-state index is 6.04. The van der Waals surface area contributed by atoms with Gasteiger partial charge in [-0.05, 0) is 39.7 Å². The molecule has 0 N–H and O–H groups in total. The second-order valence-corrected chi connectivity index (χ2v) is 6.32. The second-order valence-electron chi connectivity index (χ2n) is 6.32. The van der Waals surface area contributed by atoms with Gasteiger partial charge in [-0.2, -0.15) is 0 Å². The molecule has 0 aliphatic carbocycles. The number of nitrogens with zero attached hydrogens (tertiary/aromatic N) is 1. The molecule has 0 aromatic heterocycles. The molecule has 2 nitrogen and oxygen atoms in total. The maximum absolute atomic E-state index is 6.04. The van der Waals surface area contributed by atoms with E-state index in [1.807, 2.05) is 0 Å². The summed E-state index contributed by atoms with van der Waals surface area (Å²) in [6.45, 7) is 13.6. The highest BCUT2D eigenvalue weighted by Gasteiger charge is 2.45. The smallest absolute Gasteiger partial charge is 0.0607 e. The summed E-state index contributed by atoms with van der Waals surface area (Å²) in [4.78, 5) is 2.46. The average molecular weight is 241 g/mol. The van der Waals surface area contributed by atoms with E-state index in [9.17, 15) is 0 Å². The van der Waals surface area contributed by atoms with Gasteiger partial charge in [0, 0.05) is 18.0 Å². The van der Waals surface area contributed by atoms with Crippen LogP contribution in [0.15, 0.2) is 0 Å². The molecular weight excluding hydrogens is 210 g/mol. The van der Waals surface area contributed by atoms with E-state index >= 15 is 0 Å². The second kappa shape index (κ2) is 6.19. The molecule has 1 fully saturated rings. The Kier molecular flexibility index (Phi) is 5.46. The summed E-state index contributed by atoms with van der Waals surface area (Å²) in [5.74, 6) is 0.735. The van der Waals surface area contributed by atoms with Gasteiger partial charge in [0.25, 0.3) is 0 Å². The predicted molar refractivity (Wildman–Crippen MR) is 74.3 cm³/mol. The molecule has 1 aliphatic rings. The van der Waals surface area contributed by atoms with E-state index in [1.165, 1.54) is 12.8 Å². The fraction of sp³-hybridized carbons (Fsp3) is 1.00. The van der Waals surface area contributed by atoms with Crippen LogP contribution in [0.5, 0.6) is 0 Å². The van der Waals surface area contributed by atoms with E-state index in [0.717, 1.165) is 25.5 Å². The quantitative estimate of drug-likeness (QED) is 0.705. The van der Waals surface area contributed by atoms with Gasteiger partial charge in [0.1, 0.15) is 0 Å². The fourth-order valence-electron chi connectivity index (χ4n) is 3.13. The molecule has 0 amide bonds. The van der Waals surface area contributed by atoms with Crippen LogP contribution in [-0.2, 0) is 4.74 Å². The molecule has 1 rings (SSSR count). The fourth-order valence-corrected chi connectivity index (χ4v) is 3.13. The first-order chi connectivity index (χ1) is 7.94. The van der Waals surface area contributed by atoms with Gasteiger partial charge in [-0.25, -0.2) is 0 Å². The summed E-state index contributed by atoms with van der Waals surface area (Å²) in [5, 5.41) is 0. The zero-order valence-electron chi connectivity index (χ0n) is 12.6. The van der Waals surface area contributed by atoms with Crippen LogP contribution in [0.2, 0.25) is 0 Å². The molecule has 1 aliphatic heterocycles. The molecule has 17 heavy (non-hydrogen) atoms. The molecule has 0 spiro atoms. The SMILES string of the molecule is CCCC1C(CC)OCC1(C)CN(C)C(C)C. The molecule has 1 heterocycles. The van der Waals surface area contributed by atoms with Gasteiger partial charge in [-0.3, -0.25) is 0 Å². The zero-order chi connectivity index (χ0) is 13.1. The summed E-state index contributed by atoms with van der Waals surface area (Å²) >= 11 is 0. The number of hydrogen-bond donors (Lipinski definition) is 0. The highest BCUT2D eigenvalue weighted by atomic mass is 16.5. The van der Waals surface area contributed by atoms with Crippen molar-refractivity contribution in [2.75, 3.05) is 20.2 Å². The molecule has 3 atom stereocenters. The van der Waals surface area contributed by atoms with Crippen molar-refractivity contribution < 1.29 is 4.74 Å². The van der Waals surface area contributed by atoms with Crippen LogP contribution >= 0.6 is 0 Å². The van der Waals surface area contributed by atoms with Crippen LogP contribution in [0.25, 0.3) is 0 Å². The Balaban J connectivity index is 2.71. The van der Waals surface area contributed by atoms with Crippen molar-refractivity contribution in [1.82, 2.24) is 4.90 Å². The molecule has 0 bridgehead atoms. The van der Waals surface area contributed by atoms with Gasteiger partial charge in [-0.15, -0.1) is 0 Å². The van der Waals surface area contributed by atoms with Crippen LogP contribution in [0, 0.1) is 11.3 Å². The van der Waals surface area contributed by atoms with Crippen LogP contribution in [0.4, 0.5) is 0 Å². The average Bonchev–Trinajstić information content (AvgIpc) is 2.57. The lowest BCUT2D eigenvalue weighted by Crippen LogP contribution is -2.42. The van der Waals surface area contributed by atoms with Gasteiger partial charge < -0.3 is 9.64 Å². The highest BCUT2D eigenvalue weighted by Crippen LogP contribution is 2.43. The number of ether oxygens (including phenoxy) is 1. The summed E-state index contributed by atoms with van der Waals surface area (Å²) in [5.41, 5.74) is 0.343. The van der Waals surface area contributed by atoms with Gasteiger partial charge >= 0.3 is 0 Å². The molecule has 0 aromatic carbocycles. The molecule has 2 heteroatoms. The molecule has 102 valence electrons. The monoisotopic (exact) mass is 241 g/mol. The predicted octanol–water partition coefficient (Wildman–Crippen LogP) is 3.56. The van der Waals surface area contributed by atoms with E-state index in [0.29, 0.717) is 17.6 Å². The van der Waals surface area contributed by atoms with Gasteiger partial charge in [0.2, 0.25) is 0 Å². The van der Waals surface area contributed by atoms with Gasteiger partial charge in [0.05, 0.1) is 12.7 Å². The molecule has 0 saturated carbocycles. The van der Waals surface area contributed by atoms with Crippen molar-refractivity contribution in [2.24, 2.45) is 11.3 Å². The minimum absolute atomic E-state index is 0.343. The van der Waals surface area contributed by atoms with Gasteiger partial charge in [-0.1, -0.05) is 27.2 Å². The Bertz CT molecular complexity index is 229. The highest BCUT2D eigenvalue weighted by molar-refractivity contribution is 4.94. The third-order valence-corrected chi connectivity index (χ3v) is 4.47. The van der Waals surface area contributed by atoms with Crippen molar-refractivity contribution in [3.05, 3.63) is 0 Å². The van der Waals surface area contributed by atoms with E-state index in [2.05, 4.69) is 46.6 Å². The standard InChI is InChI=1S/C15H31NO/c1-7-9-13-14(8-2)17-11-15(13,5)10-16(6)12(3)4/h12-14H,7-11H2,1-6H3. The van der Waals surface area contributed by atoms with Crippen molar-refractivity contribution in [3.63, 3.8) is 0 Å². The van der Waals surface area contributed by atoms with E-state index < -0.39 is 0 Å². The normalized spacial score (nSPS) is 33.9. The Hall–Kier alpha value is -0.0800. The minimum Gasteiger partial charge on any atom is -0.377 e. The first-order valence-corrected chi connectivity index (χ1v) is 7.26. The van der Waals surface area contributed by atoms with E-state index in [-0.39, 0.29) is 0 Å². The van der Waals surface area contributed by atoms with Crippen molar-refractivity contribution in [3.8, 4) is 0 Å². The summed E-state index contributed by atoms with van der Waals surface area (Å²) in [7, 11) is 2.23. The third-order valence-electron chi connectivity index (χ3n) is 4.47. The number of rotatable bonds is 6. The summed E-state index contributed by atoms with van der Waals surface area (Å²) < 4.78 is 6.04. The molecule has 0 aromatic rings. The van der Waals surface area contributed by atoms with E-state index in [1.54, 1.807) is 0 Å². The third kappa shape index (κ3) is 3.45. The molecule has 1 saturated heterocycles. The maximum Gasteiger partial charge on any atom is 0.0607 e. The summed E-state index contributed by atoms with van der Waals surface area (Å²) in [6.07, 6.45) is 4.22. The van der Waals surface area contributed by atoms with Gasteiger partial charge in [0.15, 0.2) is 0 Å². The molecule has 3 unspecified atom stereocenters. The molecular formula is C15H31NO. The largest absolute Gasteiger partial charge is 0.377 e. The molecule has 0 radical (unpaired) electrons. The lowest BCUT2D eigenvalue weighted by Gasteiger charge is -2.36. The van der Waals surface area contributed by atoms with Crippen LogP contribution in [0.1, 0.15) is 53.9 Å². The summed E-state index contributed by atoms with van der Waals surface area (Å²) in [6, 6.07) is 0.620. The van der Waals surface area contributed by atoms with Crippen LogP contribution < -0.4 is 0 Å². The first kappa shape index (κ1) is 15.0. The van der Waals surface area contributed by atoms with Crippen molar-refractivity contribution >= 4 is 0 Å². The van der Waals surface area contributed by atoms with Crippen LogP contribution in [-0.4, -0.2) is 37.2 Å². The van der Waals surface area contributed by atoms with Crippen molar-refractivity contribution in [2.45, 2.75) is 66.0 Å². The van der Waals surface area contributed by atoms with Crippen LogP contribution in [0.3, 0.4) is 0 Å². The Morgan fingerprint density at radius 1 is 1.35 bits per heavy atom. The number of hydrogen-bond acceptors (Lipinski definition) is 2. The Morgan fingerprint density at radius 2 is 2.00 bits per heavy atom. The lowest BCUT2D eigenvalue weighted by atomic mass is 9.73. The topological polar surface area (TPSA) is 12.5 Å². The minimum atomic E-state index is 0.343. The Labute approximate surface area is 108 Å². The Morgan fingerprint density at radius 3 is 2.47 bits per heavy atom. The van der Waals surface area contributed by atoms with E-state index in [4.69, 9.17) is 4.74 Å². The first-order valence-electron chi connectivity index (χ1n) is 7.26. The van der Waals surface area contributed by atoms with Crippen molar-refractivity contribution in [1.29, 1.82) is 0 Å².